The maximum Gasteiger partial charge on any atom is 0.333 e. The molecule has 3 heterocycles. The maximum absolute atomic E-state index is 13.0. The number of hydrogen-bond acceptors (Lipinski definition) is 7. The molecule has 0 radical (unpaired) electrons. The van der Waals surface area contributed by atoms with Crippen LogP contribution in [0.3, 0.4) is 0 Å². The predicted molar refractivity (Wildman–Crippen MR) is 109 cm³/mol. The minimum absolute atomic E-state index is 0.0330. The molecule has 0 amide bonds. The standard InChI is InChI=1S/C20H22F2N4O4S/c1-19(2)17(23)24-20(11-31(19,28)29)6-8-30-16-4-3-12(9-13(16)20)10-15(27)14-5-7-26(25-14)18(21)22/h3-5,7,9,18H,6,8,10-11H2,1-2H3,(H2,23,24)/t20-/m0/s1. The first-order chi connectivity index (χ1) is 14.4. The third kappa shape index (κ3) is 3.50. The number of ketones is 1. The van der Waals surface area contributed by atoms with E-state index in [1.807, 2.05) is 0 Å². The minimum Gasteiger partial charge on any atom is -0.493 e. The molecule has 0 saturated carbocycles. The largest absolute Gasteiger partial charge is 0.493 e. The van der Waals surface area contributed by atoms with Crippen molar-refractivity contribution in [1.29, 1.82) is 0 Å². The Morgan fingerprint density at radius 2 is 2.06 bits per heavy atom. The van der Waals surface area contributed by atoms with Crippen LogP contribution in [0.15, 0.2) is 35.5 Å². The average molecular weight is 452 g/mol. The highest BCUT2D eigenvalue weighted by Crippen LogP contribution is 2.45. The summed E-state index contributed by atoms with van der Waals surface area (Å²) >= 11 is 0. The number of carbonyl (C=O) groups is 1. The fourth-order valence-electron chi connectivity index (χ4n) is 3.83. The zero-order chi connectivity index (χ0) is 22.6. The molecule has 4 rings (SSSR count). The molecule has 1 aromatic heterocycles. The van der Waals surface area contributed by atoms with Gasteiger partial charge in [-0.05, 0) is 37.6 Å². The number of carbonyl (C=O) groups excluding carboxylic acids is 1. The van der Waals surface area contributed by atoms with Crippen LogP contribution in [0.5, 0.6) is 5.75 Å². The normalized spacial score (nSPS) is 23.8. The molecule has 0 bridgehead atoms. The smallest absolute Gasteiger partial charge is 0.333 e. The molecule has 0 fully saturated rings. The van der Waals surface area contributed by atoms with Crippen LogP contribution in [0.1, 0.15) is 48.4 Å². The third-order valence-electron chi connectivity index (χ3n) is 5.93. The number of hydrogen-bond donors (Lipinski definition) is 1. The Hall–Kier alpha value is -2.82. The molecule has 166 valence electrons. The van der Waals surface area contributed by atoms with E-state index in [1.165, 1.54) is 19.9 Å². The van der Waals surface area contributed by atoms with Crippen molar-refractivity contribution in [2.45, 2.75) is 43.5 Å². The van der Waals surface area contributed by atoms with Crippen LogP contribution < -0.4 is 10.5 Å². The molecule has 1 aromatic carbocycles. The number of fused-ring (bicyclic) bond motifs is 2. The summed E-state index contributed by atoms with van der Waals surface area (Å²) in [7, 11) is -3.61. The molecule has 0 saturated heterocycles. The van der Waals surface area contributed by atoms with E-state index in [0.29, 0.717) is 28.0 Å². The first-order valence-corrected chi connectivity index (χ1v) is 11.3. The number of nitrogens with two attached hydrogens (primary N) is 1. The van der Waals surface area contributed by atoms with Gasteiger partial charge < -0.3 is 10.5 Å². The van der Waals surface area contributed by atoms with Gasteiger partial charge in [0.2, 0.25) is 0 Å². The van der Waals surface area contributed by atoms with E-state index in [0.717, 1.165) is 6.20 Å². The molecule has 2 aliphatic rings. The van der Waals surface area contributed by atoms with Gasteiger partial charge in [-0.3, -0.25) is 9.79 Å². The van der Waals surface area contributed by atoms with Crippen molar-refractivity contribution in [3.8, 4) is 5.75 Å². The highest BCUT2D eigenvalue weighted by atomic mass is 32.2. The first-order valence-electron chi connectivity index (χ1n) is 9.66. The van der Waals surface area contributed by atoms with Crippen molar-refractivity contribution in [2.24, 2.45) is 10.7 Å². The van der Waals surface area contributed by atoms with E-state index in [-0.39, 0.29) is 30.3 Å². The SMILES string of the molecule is CC1(C)C(N)=N[C@@]2(CCOc3ccc(CC(=O)c4ccn(C(F)F)n4)cc32)CS1(=O)=O. The minimum atomic E-state index is -3.61. The monoisotopic (exact) mass is 452 g/mol. The highest BCUT2D eigenvalue weighted by molar-refractivity contribution is 7.93. The topological polar surface area (TPSA) is 117 Å². The molecule has 11 heteroatoms. The number of aliphatic imine (C=N–C) groups is 1. The number of sulfone groups is 1. The number of Topliss-reactive ketones (excluding diaryl/α,β-unsaturated/α-hetero) is 1. The summed E-state index contributed by atoms with van der Waals surface area (Å²) in [5, 5.41) is 3.60. The number of benzene rings is 1. The zero-order valence-corrected chi connectivity index (χ0v) is 17.8. The summed E-state index contributed by atoms with van der Waals surface area (Å²) in [6.07, 6.45) is 1.27. The number of amidine groups is 1. The Bertz CT molecular complexity index is 1190. The Morgan fingerprint density at radius 3 is 2.71 bits per heavy atom. The van der Waals surface area contributed by atoms with Crippen LogP contribution in [0.25, 0.3) is 0 Å². The van der Waals surface area contributed by atoms with E-state index in [1.54, 1.807) is 18.2 Å². The fourth-order valence-corrected chi connectivity index (χ4v) is 5.55. The second-order valence-electron chi connectivity index (χ2n) is 8.29. The maximum atomic E-state index is 13.0. The summed E-state index contributed by atoms with van der Waals surface area (Å²) in [6, 6.07) is 6.25. The Morgan fingerprint density at radius 1 is 1.32 bits per heavy atom. The molecule has 0 unspecified atom stereocenters. The van der Waals surface area contributed by atoms with Gasteiger partial charge in [0.1, 0.15) is 27.6 Å². The molecule has 31 heavy (non-hydrogen) atoms. The van der Waals surface area contributed by atoms with Crippen LogP contribution >= 0.6 is 0 Å². The quantitative estimate of drug-likeness (QED) is 0.711. The summed E-state index contributed by atoms with van der Waals surface area (Å²) in [5.41, 5.74) is 6.02. The van der Waals surface area contributed by atoms with Crippen molar-refractivity contribution in [2.75, 3.05) is 12.4 Å². The van der Waals surface area contributed by atoms with Gasteiger partial charge in [-0.1, -0.05) is 6.07 Å². The molecule has 0 aliphatic carbocycles. The van der Waals surface area contributed by atoms with Gasteiger partial charge >= 0.3 is 6.55 Å². The summed E-state index contributed by atoms with van der Waals surface area (Å²) in [5.74, 6) is -0.146. The lowest BCUT2D eigenvalue weighted by Crippen LogP contribution is -2.56. The van der Waals surface area contributed by atoms with E-state index >= 15 is 0 Å². The van der Waals surface area contributed by atoms with Gasteiger partial charge in [-0.2, -0.15) is 13.9 Å². The van der Waals surface area contributed by atoms with Crippen molar-refractivity contribution >= 4 is 21.5 Å². The molecule has 1 atom stereocenters. The Kier molecular flexibility index (Phi) is 4.91. The lowest BCUT2D eigenvalue weighted by molar-refractivity contribution is 0.0560. The lowest BCUT2D eigenvalue weighted by atomic mass is 9.84. The summed E-state index contributed by atoms with van der Waals surface area (Å²) in [6.45, 7) is 0.510. The molecule has 1 spiro atoms. The van der Waals surface area contributed by atoms with E-state index in [9.17, 15) is 22.0 Å². The van der Waals surface area contributed by atoms with Crippen molar-refractivity contribution < 1.29 is 26.7 Å². The van der Waals surface area contributed by atoms with Gasteiger partial charge in [0, 0.05) is 24.6 Å². The van der Waals surface area contributed by atoms with Crippen molar-refractivity contribution in [3.05, 3.63) is 47.3 Å². The van der Waals surface area contributed by atoms with Crippen molar-refractivity contribution in [1.82, 2.24) is 9.78 Å². The molecule has 8 nitrogen and oxygen atoms in total. The fraction of sp³-hybridized carbons (Fsp3) is 0.450. The van der Waals surface area contributed by atoms with Crippen molar-refractivity contribution in [3.63, 3.8) is 0 Å². The number of nitrogens with zero attached hydrogens (tertiary/aromatic N) is 3. The second-order valence-corrected chi connectivity index (χ2v) is 10.8. The van der Waals surface area contributed by atoms with E-state index in [4.69, 9.17) is 10.5 Å². The van der Waals surface area contributed by atoms with Crippen LogP contribution in [0.2, 0.25) is 0 Å². The number of rotatable bonds is 4. The van der Waals surface area contributed by atoms with Gasteiger partial charge in [0.25, 0.3) is 0 Å². The molecule has 2 aromatic rings. The van der Waals surface area contributed by atoms with Crippen LogP contribution in [0, 0.1) is 0 Å². The summed E-state index contributed by atoms with van der Waals surface area (Å²) in [4.78, 5) is 17.1. The predicted octanol–water partition coefficient (Wildman–Crippen LogP) is 2.25. The molecular weight excluding hydrogens is 430 g/mol. The van der Waals surface area contributed by atoms with Crippen LogP contribution in [-0.2, 0) is 21.8 Å². The van der Waals surface area contributed by atoms with E-state index in [2.05, 4.69) is 10.1 Å². The second kappa shape index (κ2) is 7.11. The van der Waals surface area contributed by atoms with Gasteiger partial charge in [-0.25, -0.2) is 13.1 Å². The Labute approximate surface area is 178 Å². The third-order valence-corrected chi connectivity index (χ3v) is 8.56. The number of ether oxygens (including phenoxy) is 1. The number of aromatic nitrogens is 2. The zero-order valence-electron chi connectivity index (χ0n) is 17.0. The van der Waals surface area contributed by atoms with Gasteiger partial charge in [-0.15, -0.1) is 0 Å². The van der Waals surface area contributed by atoms with Gasteiger partial charge in [0.15, 0.2) is 15.6 Å². The lowest BCUT2D eigenvalue weighted by Gasteiger charge is -2.42. The average Bonchev–Trinajstić information content (AvgIpc) is 3.18. The molecule has 2 aliphatic heterocycles. The molecule has 2 N–H and O–H groups in total. The van der Waals surface area contributed by atoms with Crippen LogP contribution in [0.4, 0.5) is 8.78 Å². The highest BCUT2D eigenvalue weighted by Gasteiger charge is 2.52. The first kappa shape index (κ1) is 21.4. The molecular formula is C20H22F2N4O4S. The number of halogens is 2. The van der Waals surface area contributed by atoms with Gasteiger partial charge in [0.05, 0.1) is 12.4 Å². The number of alkyl halides is 2. The Balaban J connectivity index is 1.70. The van der Waals surface area contributed by atoms with E-state index < -0.39 is 32.5 Å². The summed E-state index contributed by atoms with van der Waals surface area (Å²) < 4.78 is 56.2. The van der Waals surface area contributed by atoms with Crippen LogP contribution in [-0.4, -0.2) is 46.9 Å².